The third-order valence-corrected chi connectivity index (χ3v) is 0.163. The quantitative estimate of drug-likeness (QED) is 0.244. The van der Waals surface area contributed by atoms with Crippen molar-refractivity contribution < 1.29 is 62.9 Å². The van der Waals surface area contributed by atoms with E-state index in [4.69, 9.17) is 20.2 Å². The molecule has 0 bridgehead atoms. The Morgan fingerprint density at radius 1 is 1.25 bits per heavy atom. The summed E-state index contributed by atoms with van der Waals surface area (Å²) in [5, 5.41) is 15.6. The van der Waals surface area contributed by atoms with Crippen LogP contribution in [0.5, 0.6) is 0 Å². The van der Waals surface area contributed by atoms with Crippen LogP contribution in [0.4, 0.5) is 0 Å². The summed E-state index contributed by atoms with van der Waals surface area (Å²) in [5.74, 6) is 0. The topological polar surface area (TPSA) is 98.3 Å². The largest absolute Gasteiger partial charge is 1.00 e. The van der Waals surface area contributed by atoms with Gasteiger partial charge >= 0.3 is 51.4 Å². The van der Waals surface area contributed by atoms with Gasteiger partial charge in [0, 0.05) is 0 Å². The van der Waals surface area contributed by atoms with Crippen molar-refractivity contribution in [3.8, 4) is 0 Å². The molecule has 0 aromatic rings. The SMILES string of the molecule is O=[N+]([O-])N[N+](=O)[O-].[H-].[K+]. The van der Waals surface area contributed by atoms with E-state index < -0.39 is 10.1 Å². The molecule has 0 aliphatic heterocycles. The van der Waals surface area contributed by atoms with Crippen LogP contribution < -0.4 is 56.9 Å². The van der Waals surface area contributed by atoms with Crippen LogP contribution in [0.25, 0.3) is 0 Å². The van der Waals surface area contributed by atoms with E-state index in [2.05, 4.69) is 0 Å². The molecule has 0 atom stereocenters. The fourth-order valence-corrected chi connectivity index (χ4v) is 0.0667. The molecule has 8 heavy (non-hydrogen) atoms. The Balaban J connectivity index is -0.000000180. The molecule has 0 amide bonds. The zero-order valence-corrected chi connectivity index (χ0v) is 7.15. The standard InChI is InChI=1S/K.HN3O4.H/c;4-2(5)1-3(6)7;/h;1H;/q+1;;-1. The number of rotatable bonds is 2. The summed E-state index contributed by atoms with van der Waals surface area (Å²) in [5.41, 5.74) is 0.750. The molecule has 42 valence electrons. The number of nitrogens with zero attached hydrogens (tertiary/aromatic N) is 2. The molecule has 0 radical (unpaired) electrons. The van der Waals surface area contributed by atoms with E-state index in [9.17, 15) is 0 Å². The van der Waals surface area contributed by atoms with E-state index in [0.717, 1.165) is 5.53 Å². The summed E-state index contributed by atoms with van der Waals surface area (Å²) < 4.78 is 0. The Morgan fingerprint density at radius 2 is 1.50 bits per heavy atom. The first kappa shape index (κ1) is 11.1. The molecule has 0 saturated heterocycles. The van der Waals surface area contributed by atoms with Crippen molar-refractivity contribution in [3.05, 3.63) is 20.2 Å². The minimum Gasteiger partial charge on any atom is -1.00 e. The average molecular weight is 147 g/mol. The summed E-state index contributed by atoms with van der Waals surface area (Å²) in [4.78, 5) is 18.1. The van der Waals surface area contributed by atoms with Crippen molar-refractivity contribution in [1.82, 2.24) is 5.53 Å². The first-order chi connectivity index (χ1) is 3.13. The van der Waals surface area contributed by atoms with Crippen LogP contribution in [0.15, 0.2) is 0 Å². The summed E-state index contributed by atoms with van der Waals surface area (Å²) >= 11 is 0. The average Bonchev–Trinajstić information content (AvgIpc) is 1.27. The van der Waals surface area contributed by atoms with Gasteiger partial charge in [0.15, 0.2) is 5.53 Å². The number of hydrazine groups is 2. The Morgan fingerprint density at radius 3 is 1.50 bits per heavy atom. The van der Waals surface area contributed by atoms with Crippen LogP contribution in [0.2, 0.25) is 0 Å². The van der Waals surface area contributed by atoms with Gasteiger partial charge in [-0.15, -0.1) is 0 Å². The van der Waals surface area contributed by atoms with Crippen LogP contribution in [-0.4, -0.2) is 10.1 Å². The summed E-state index contributed by atoms with van der Waals surface area (Å²) in [6.07, 6.45) is 0. The predicted molar refractivity (Wildman–Crippen MR) is 18.2 cm³/mol. The number of nitrogens with one attached hydrogen (secondary N) is 1. The van der Waals surface area contributed by atoms with Crippen molar-refractivity contribution in [2.45, 2.75) is 0 Å². The molecule has 0 spiro atoms. The molecule has 0 heterocycles. The third kappa shape index (κ3) is 9.53. The normalized spacial score (nSPS) is 6.50. The smallest absolute Gasteiger partial charge is 1.00 e. The van der Waals surface area contributed by atoms with Gasteiger partial charge in [-0.05, 0) is 0 Å². The monoisotopic (exact) mass is 147 g/mol. The van der Waals surface area contributed by atoms with Gasteiger partial charge in [-0.1, -0.05) is 0 Å². The van der Waals surface area contributed by atoms with Crippen LogP contribution in [-0.2, 0) is 0 Å². The maximum Gasteiger partial charge on any atom is 1.00 e. The molecular formula is H2KN3O4. The molecule has 0 aromatic heterocycles. The Kier molecular flexibility index (Phi) is 7.45. The van der Waals surface area contributed by atoms with Gasteiger partial charge in [-0.25, -0.2) is 20.2 Å². The van der Waals surface area contributed by atoms with E-state index >= 15 is 0 Å². The number of hydrogen-bond donors (Lipinski definition) is 1. The predicted octanol–water partition coefficient (Wildman–Crippen LogP) is -3.92. The van der Waals surface area contributed by atoms with Crippen LogP contribution in [0, 0.1) is 20.2 Å². The maximum absolute atomic E-state index is 9.06. The fourth-order valence-electron chi connectivity index (χ4n) is 0.0667. The van der Waals surface area contributed by atoms with Gasteiger partial charge in [0.2, 0.25) is 10.1 Å². The molecule has 0 aliphatic rings. The van der Waals surface area contributed by atoms with Crippen molar-refractivity contribution in [2.75, 3.05) is 0 Å². The van der Waals surface area contributed by atoms with Gasteiger partial charge < -0.3 is 1.43 Å². The minimum absolute atomic E-state index is 0. The van der Waals surface area contributed by atoms with Crippen LogP contribution in [0.3, 0.4) is 0 Å². The van der Waals surface area contributed by atoms with Crippen molar-refractivity contribution in [3.63, 3.8) is 0 Å². The molecule has 7 nitrogen and oxygen atoms in total. The summed E-state index contributed by atoms with van der Waals surface area (Å²) in [6.45, 7) is 0. The Hall–Kier alpha value is 0.236. The van der Waals surface area contributed by atoms with E-state index in [0.29, 0.717) is 0 Å². The van der Waals surface area contributed by atoms with Crippen molar-refractivity contribution in [1.29, 1.82) is 0 Å². The second-order valence-electron chi connectivity index (χ2n) is 0.614. The maximum atomic E-state index is 9.06. The second kappa shape index (κ2) is 5.37. The first-order valence-electron chi connectivity index (χ1n) is 1.18. The minimum atomic E-state index is -1.25. The van der Waals surface area contributed by atoms with Crippen LogP contribution >= 0.6 is 0 Å². The van der Waals surface area contributed by atoms with Gasteiger partial charge in [-0.2, -0.15) is 0 Å². The second-order valence-corrected chi connectivity index (χ2v) is 0.614. The molecule has 8 heteroatoms. The molecule has 0 saturated carbocycles. The third-order valence-electron chi connectivity index (χ3n) is 0.163. The van der Waals surface area contributed by atoms with Crippen LogP contribution in [0.1, 0.15) is 1.43 Å². The summed E-state index contributed by atoms with van der Waals surface area (Å²) in [6, 6.07) is 0. The Labute approximate surface area is 87.6 Å². The molecular weight excluding hydrogens is 145 g/mol. The zero-order chi connectivity index (χ0) is 5.86. The molecule has 1 N–H and O–H groups in total. The van der Waals surface area contributed by atoms with E-state index in [1.54, 1.807) is 0 Å². The molecule has 0 unspecified atom stereocenters. The van der Waals surface area contributed by atoms with Crippen molar-refractivity contribution in [2.24, 2.45) is 0 Å². The number of nitro groups is 2. The zero-order valence-electron chi connectivity index (χ0n) is 5.03. The van der Waals surface area contributed by atoms with E-state index in [-0.39, 0.29) is 52.8 Å². The fraction of sp³-hybridized carbons (Fsp3) is 0. The molecule has 0 aromatic carbocycles. The number of hydrogen-bond acceptors (Lipinski definition) is 4. The molecule has 0 aliphatic carbocycles. The van der Waals surface area contributed by atoms with Crippen molar-refractivity contribution >= 4 is 0 Å². The van der Waals surface area contributed by atoms with Gasteiger partial charge in [0.05, 0.1) is 0 Å². The van der Waals surface area contributed by atoms with E-state index in [1.165, 1.54) is 0 Å². The van der Waals surface area contributed by atoms with Gasteiger partial charge in [0.1, 0.15) is 0 Å². The first-order valence-corrected chi connectivity index (χ1v) is 1.18. The van der Waals surface area contributed by atoms with Gasteiger partial charge in [0.25, 0.3) is 0 Å². The summed E-state index contributed by atoms with van der Waals surface area (Å²) in [7, 11) is 0. The van der Waals surface area contributed by atoms with E-state index in [1.807, 2.05) is 0 Å². The molecule has 0 rings (SSSR count). The molecule has 0 fully saturated rings. The van der Waals surface area contributed by atoms with Gasteiger partial charge in [-0.3, -0.25) is 0 Å². The Bertz CT molecular complexity index is 92.0.